The Morgan fingerprint density at radius 1 is 1.28 bits per heavy atom. The van der Waals surface area contributed by atoms with Crippen LogP contribution >= 0.6 is 0 Å². The quantitative estimate of drug-likeness (QED) is 0.646. The summed E-state index contributed by atoms with van der Waals surface area (Å²) in [5.74, 6) is 0.581. The highest BCUT2D eigenvalue weighted by atomic mass is 16.5. The van der Waals surface area contributed by atoms with E-state index in [0.717, 1.165) is 29.8 Å². The highest BCUT2D eigenvalue weighted by molar-refractivity contribution is 5.87. The summed E-state index contributed by atoms with van der Waals surface area (Å²) in [4.78, 5) is 2.03. The number of rotatable bonds is 2. The van der Waals surface area contributed by atoms with Crippen LogP contribution in [0.1, 0.15) is 5.69 Å². The molecule has 1 aliphatic heterocycles. The lowest BCUT2D eigenvalue weighted by Crippen LogP contribution is -2.41. The normalized spacial score (nSPS) is 16.1. The molecule has 94 valence electrons. The first-order valence-corrected chi connectivity index (χ1v) is 6.08. The van der Waals surface area contributed by atoms with Gasteiger partial charge in [-0.3, -0.25) is 5.41 Å². The lowest BCUT2D eigenvalue weighted by Gasteiger charge is -2.28. The number of ether oxygens (including phenoxy) is 1. The van der Waals surface area contributed by atoms with Crippen molar-refractivity contribution in [3.05, 3.63) is 30.0 Å². The number of para-hydroxylation sites is 1. The zero-order valence-corrected chi connectivity index (χ0v) is 10.1. The molecule has 0 bridgehead atoms. The molecule has 0 aliphatic carbocycles. The fraction of sp³-hybridized carbons (Fsp3) is 0.385. The van der Waals surface area contributed by atoms with Crippen molar-refractivity contribution in [2.75, 3.05) is 26.3 Å². The van der Waals surface area contributed by atoms with E-state index < -0.39 is 0 Å². The highest BCUT2D eigenvalue weighted by Crippen LogP contribution is 2.18. The topological polar surface area (TPSA) is 62.4 Å². The van der Waals surface area contributed by atoms with Crippen molar-refractivity contribution in [1.29, 1.82) is 5.41 Å². The second-order valence-electron chi connectivity index (χ2n) is 4.35. The van der Waals surface area contributed by atoms with Crippen LogP contribution in [0.4, 0.5) is 0 Å². The van der Waals surface area contributed by atoms with Gasteiger partial charge in [0.25, 0.3) is 0 Å². The maximum absolute atomic E-state index is 8.12. The maximum atomic E-state index is 8.12. The molecule has 2 heterocycles. The van der Waals surface area contributed by atoms with Crippen molar-refractivity contribution >= 4 is 16.8 Å². The van der Waals surface area contributed by atoms with E-state index in [9.17, 15) is 0 Å². The van der Waals surface area contributed by atoms with Crippen molar-refractivity contribution in [1.82, 2.24) is 10.1 Å². The summed E-state index contributed by atoms with van der Waals surface area (Å²) in [5, 5.41) is 13.2. The van der Waals surface area contributed by atoms with Crippen molar-refractivity contribution in [3.63, 3.8) is 0 Å². The van der Waals surface area contributed by atoms with E-state index in [2.05, 4.69) is 5.16 Å². The Labute approximate surface area is 105 Å². The number of hydrogen-bond acceptors (Lipinski definition) is 4. The molecule has 0 saturated carbocycles. The molecule has 1 N–H and O–H groups in total. The van der Waals surface area contributed by atoms with Crippen LogP contribution in [-0.2, 0) is 11.2 Å². The van der Waals surface area contributed by atoms with Crippen LogP contribution in [0.5, 0.6) is 0 Å². The Morgan fingerprint density at radius 2 is 2.06 bits per heavy atom. The first-order valence-electron chi connectivity index (χ1n) is 6.08. The smallest absolute Gasteiger partial charge is 0.167 e. The molecule has 2 aromatic rings. The molecule has 3 rings (SSSR count). The zero-order valence-electron chi connectivity index (χ0n) is 10.1. The van der Waals surface area contributed by atoms with E-state index in [-0.39, 0.29) is 0 Å². The third kappa shape index (κ3) is 2.09. The Morgan fingerprint density at radius 3 is 2.89 bits per heavy atom. The molecule has 0 amide bonds. The second kappa shape index (κ2) is 4.78. The molecule has 5 heteroatoms. The predicted molar refractivity (Wildman–Crippen MR) is 67.8 cm³/mol. The monoisotopic (exact) mass is 245 g/mol. The number of benzene rings is 1. The van der Waals surface area contributed by atoms with E-state index in [1.165, 1.54) is 0 Å². The molecular formula is C13H15N3O2. The van der Waals surface area contributed by atoms with Gasteiger partial charge in [-0.05, 0) is 12.1 Å². The summed E-state index contributed by atoms with van der Waals surface area (Å²) in [6, 6.07) is 7.75. The van der Waals surface area contributed by atoms with Gasteiger partial charge in [0.1, 0.15) is 5.84 Å². The maximum Gasteiger partial charge on any atom is 0.167 e. The summed E-state index contributed by atoms with van der Waals surface area (Å²) >= 11 is 0. The van der Waals surface area contributed by atoms with Crippen LogP contribution in [0.15, 0.2) is 28.8 Å². The molecule has 0 unspecified atom stereocenters. The van der Waals surface area contributed by atoms with E-state index in [1.54, 1.807) is 0 Å². The average molecular weight is 245 g/mol. The van der Waals surface area contributed by atoms with Gasteiger partial charge in [-0.15, -0.1) is 0 Å². The zero-order chi connectivity index (χ0) is 12.4. The van der Waals surface area contributed by atoms with Gasteiger partial charge >= 0.3 is 0 Å². The third-order valence-electron chi connectivity index (χ3n) is 3.18. The van der Waals surface area contributed by atoms with E-state index in [4.69, 9.17) is 14.7 Å². The average Bonchev–Trinajstić information content (AvgIpc) is 2.83. The van der Waals surface area contributed by atoms with Gasteiger partial charge in [0.15, 0.2) is 5.58 Å². The van der Waals surface area contributed by atoms with Gasteiger partial charge in [0, 0.05) is 18.5 Å². The first-order chi connectivity index (χ1) is 8.84. The Bertz CT molecular complexity index is 558. The molecule has 1 saturated heterocycles. The summed E-state index contributed by atoms with van der Waals surface area (Å²) in [6.45, 7) is 2.97. The van der Waals surface area contributed by atoms with Crippen molar-refractivity contribution in [2.24, 2.45) is 0 Å². The largest absolute Gasteiger partial charge is 0.378 e. The lowest BCUT2D eigenvalue weighted by atomic mass is 10.1. The number of morpholine rings is 1. The number of aromatic nitrogens is 1. The van der Waals surface area contributed by atoms with Gasteiger partial charge in [0.05, 0.1) is 25.3 Å². The molecule has 0 spiro atoms. The molecule has 18 heavy (non-hydrogen) atoms. The van der Waals surface area contributed by atoms with Gasteiger partial charge in [-0.2, -0.15) is 0 Å². The van der Waals surface area contributed by atoms with Crippen molar-refractivity contribution in [2.45, 2.75) is 6.42 Å². The molecule has 1 aromatic heterocycles. The summed E-state index contributed by atoms with van der Waals surface area (Å²) in [5.41, 5.74) is 1.62. The Kier molecular flexibility index (Phi) is 2.98. The minimum Gasteiger partial charge on any atom is -0.378 e. The molecule has 1 aliphatic rings. The minimum absolute atomic E-state index is 0.511. The van der Waals surface area contributed by atoms with Crippen LogP contribution in [0.25, 0.3) is 11.0 Å². The minimum atomic E-state index is 0.511. The van der Waals surface area contributed by atoms with Gasteiger partial charge in [0.2, 0.25) is 0 Å². The van der Waals surface area contributed by atoms with Crippen molar-refractivity contribution in [3.8, 4) is 0 Å². The predicted octanol–water partition coefficient (Wildman–Crippen LogP) is 1.68. The van der Waals surface area contributed by atoms with E-state index >= 15 is 0 Å². The fourth-order valence-corrected chi connectivity index (χ4v) is 2.17. The van der Waals surface area contributed by atoms with Gasteiger partial charge in [-0.25, -0.2) is 0 Å². The Balaban J connectivity index is 1.77. The molecule has 1 fully saturated rings. The number of fused-ring (bicyclic) bond motifs is 1. The molecule has 0 radical (unpaired) electrons. The van der Waals surface area contributed by atoms with E-state index in [1.807, 2.05) is 29.2 Å². The highest BCUT2D eigenvalue weighted by Gasteiger charge is 2.16. The second-order valence-corrected chi connectivity index (χ2v) is 4.35. The summed E-state index contributed by atoms with van der Waals surface area (Å²) in [7, 11) is 0. The SMILES string of the molecule is N=C(Cc1noc2ccccc12)N1CCOCC1. The number of nitrogens with zero attached hydrogens (tertiary/aromatic N) is 2. The lowest BCUT2D eigenvalue weighted by molar-refractivity contribution is 0.0670. The Hall–Kier alpha value is -1.88. The third-order valence-corrected chi connectivity index (χ3v) is 3.18. The van der Waals surface area contributed by atoms with Gasteiger partial charge in [-0.1, -0.05) is 17.3 Å². The van der Waals surface area contributed by atoms with Crippen LogP contribution in [0.2, 0.25) is 0 Å². The number of nitrogens with one attached hydrogen (secondary N) is 1. The van der Waals surface area contributed by atoms with E-state index in [0.29, 0.717) is 25.5 Å². The van der Waals surface area contributed by atoms with Crippen molar-refractivity contribution < 1.29 is 9.26 Å². The molecule has 0 atom stereocenters. The number of amidine groups is 1. The van der Waals surface area contributed by atoms with Crippen LogP contribution < -0.4 is 0 Å². The fourth-order valence-electron chi connectivity index (χ4n) is 2.17. The molecule has 1 aromatic carbocycles. The van der Waals surface area contributed by atoms with Gasteiger partial charge < -0.3 is 14.2 Å². The van der Waals surface area contributed by atoms with Crippen LogP contribution in [0.3, 0.4) is 0 Å². The molecule has 5 nitrogen and oxygen atoms in total. The summed E-state index contributed by atoms with van der Waals surface area (Å²) < 4.78 is 10.5. The van der Waals surface area contributed by atoms with Crippen LogP contribution in [-0.4, -0.2) is 42.2 Å². The molecular weight excluding hydrogens is 230 g/mol. The number of hydrogen-bond donors (Lipinski definition) is 1. The van der Waals surface area contributed by atoms with Crippen LogP contribution in [0, 0.1) is 5.41 Å². The first kappa shape index (κ1) is 11.2. The standard InChI is InChI=1S/C13H15N3O2/c14-13(16-5-7-17-8-6-16)9-11-10-3-1-2-4-12(10)18-15-11/h1-4,14H,5-9H2. The summed E-state index contributed by atoms with van der Waals surface area (Å²) in [6.07, 6.45) is 0.511.